The van der Waals surface area contributed by atoms with Crippen molar-refractivity contribution in [3.63, 3.8) is 0 Å². The van der Waals surface area contributed by atoms with Gasteiger partial charge in [-0.2, -0.15) is 0 Å². The van der Waals surface area contributed by atoms with Gasteiger partial charge in [-0.1, -0.05) is 45.2 Å². The summed E-state index contributed by atoms with van der Waals surface area (Å²) in [6.45, 7) is 7.17. The van der Waals surface area contributed by atoms with Gasteiger partial charge in [0, 0.05) is 19.3 Å². The van der Waals surface area contributed by atoms with Gasteiger partial charge in [0.2, 0.25) is 0 Å². The molecule has 1 aromatic rings. The van der Waals surface area contributed by atoms with Crippen LogP contribution in [0.4, 0.5) is 0 Å². The summed E-state index contributed by atoms with van der Waals surface area (Å²) >= 11 is 5.95. The summed E-state index contributed by atoms with van der Waals surface area (Å²) in [5.41, 5.74) is 0.550. The molecule has 5 heteroatoms. The number of aliphatic hydroxyl groups is 1. The predicted molar refractivity (Wildman–Crippen MR) is 82.1 cm³/mol. The van der Waals surface area contributed by atoms with E-state index in [2.05, 4.69) is 5.32 Å². The molecule has 1 rings (SSSR count). The Morgan fingerprint density at radius 3 is 2.60 bits per heavy atom. The highest BCUT2D eigenvalue weighted by Crippen LogP contribution is 2.15. The molecule has 1 heterocycles. The van der Waals surface area contributed by atoms with Crippen LogP contribution in [0.2, 0.25) is 5.02 Å². The maximum atomic E-state index is 12.2. The molecule has 0 aromatic carbocycles. The molecule has 0 spiro atoms. The highest BCUT2D eigenvalue weighted by molar-refractivity contribution is 6.31. The number of aromatic nitrogens is 1. The van der Waals surface area contributed by atoms with Crippen LogP contribution in [-0.4, -0.2) is 28.2 Å². The fourth-order valence-corrected chi connectivity index (χ4v) is 2.60. The van der Waals surface area contributed by atoms with E-state index < -0.39 is 6.10 Å². The van der Waals surface area contributed by atoms with Gasteiger partial charge in [-0.05, 0) is 18.4 Å². The van der Waals surface area contributed by atoms with Gasteiger partial charge in [0.25, 0.3) is 5.91 Å². The maximum absolute atomic E-state index is 12.2. The third-order valence-electron chi connectivity index (χ3n) is 3.63. The van der Waals surface area contributed by atoms with Gasteiger partial charge in [0.1, 0.15) is 5.69 Å². The molecule has 0 saturated heterocycles. The van der Waals surface area contributed by atoms with E-state index in [1.807, 2.05) is 25.3 Å². The molecule has 0 bridgehead atoms. The lowest BCUT2D eigenvalue weighted by atomic mass is 9.96. The monoisotopic (exact) mass is 300 g/mol. The SMILES string of the molecule is CCCn1cc(Cl)cc1C(=O)NCC(O)C(CC)CC. The van der Waals surface area contributed by atoms with Crippen LogP contribution in [0.25, 0.3) is 0 Å². The number of aryl methyl sites for hydroxylation is 1. The van der Waals surface area contributed by atoms with E-state index >= 15 is 0 Å². The number of nitrogens with zero attached hydrogens (tertiary/aromatic N) is 1. The molecule has 114 valence electrons. The molecule has 4 nitrogen and oxygen atoms in total. The zero-order chi connectivity index (χ0) is 15.1. The Kier molecular flexibility index (Phi) is 7.10. The Labute approximate surface area is 126 Å². The van der Waals surface area contributed by atoms with Crippen LogP contribution in [0.5, 0.6) is 0 Å². The van der Waals surface area contributed by atoms with E-state index in [0.717, 1.165) is 25.8 Å². The molecule has 0 radical (unpaired) electrons. The molecule has 0 aliphatic rings. The minimum Gasteiger partial charge on any atom is -0.391 e. The number of hydrogen-bond acceptors (Lipinski definition) is 2. The molecule has 0 aliphatic heterocycles. The fraction of sp³-hybridized carbons (Fsp3) is 0.667. The average Bonchev–Trinajstić information content (AvgIpc) is 2.79. The zero-order valence-electron chi connectivity index (χ0n) is 12.5. The first kappa shape index (κ1) is 17.1. The molecular weight excluding hydrogens is 276 g/mol. The van der Waals surface area contributed by atoms with Crippen molar-refractivity contribution < 1.29 is 9.90 Å². The number of nitrogens with one attached hydrogen (secondary N) is 1. The molecule has 1 aromatic heterocycles. The largest absolute Gasteiger partial charge is 0.391 e. The van der Waals surface area contributed by atoms with E-state index in [1.54, 1.807) is 12.3 Å². The van der Waals surface area contributed by atoms with E-state index in [1.165, 1.54) is 0 Å². The molecule has 1 unspecified atom stereocenters. The second-order valence-corrected chi connectivity index (χ2v) is 5.53. The van der Waals surface area contributed by atoms with Crippen molar-refractivity contribution in [3.05, 3.63) is 23.0 Å². The first-order valence-corrected chi connectivity index (χ1v) is 7.73. The second kappa shape index (κ2) is 8.32. The summed E-state index contributed by atoms with van der Waals surface area (Å²) < 4.78 is 1.85. The highest BCUT2D eigenvalue weighted by atomic mass is 35.5. The molecule has 2 N–H and O–H groups in total. The molecular formula is C15H25ClN2O2. The van der Waals surface area contributed by atoms with E-state index in [4.69, 9.17) is 11.6 Å². The highest BCUT2D eigenvalue weighted by Gasteiger charge is 2.18. The number of hydrogen-bond donors (Lipinski definition) is 2. The van der Waals surface area contributed by atoms with Gasteiger partial charge in [-0.15, -0.1) is 0 Å². The molecule has 20 heavy (non-hydrogen) atoms. The number of aliphatic hydroxyl groups excluding tert-OH is 1. The van der Waals surface area contributed by atoms with Crippen molar-refractivity contribution in [2.45, 2.75) is 52.7 Å². The lowest BCUT2D eigenvalue weighted by molar-refractivity contribution is 0.0810. The van der Waals surface area contributed by atoms with Gasteiger partial charge in [0.05, 0.1) is 11.1 Å². The van der Waals surface area contributed by atoms with Gasteiger partial charge in [0.15, 0.2) is 0 Å². The standard InChI is InChI=1S/C15H25ClN2O2/c1-4-7-18-10-12(16)8-13(18)15(20)17-9-14(19)11(5-2)6-3/h8,10-11,14,19H,4-7,9H2,1-3H3,(H,17,20). The van der Waals surface area contributed by atoms with Crippen molar-refractivity contribution >= 4 is 17.5 Å². The van der Waals surface area contributed by atoms with Crippen LogP contribution in [0.15, 0.2) is 12.3 Å². The summed E-state index contributed by atoms with van der Waals surface area (Å²) in [5, 5.41) is 13.4. The number of rotatable bonds is 8. The Hall–Kier alpha value is -1.00. The summed E-state index contributed by atoms with van der Waals surface area (Å²) in [7, 11) is 0. The zero-order valence-corrected chi connectivity index (χ0v) is 13.3. The topological polar surface area (TPSA) is 54.3 Å². The molecule has 0 saturated carbocycles. The maximum Gasteiger partial charge on any atom is 0.268 e. The number of carbonyl (C=O) groups excluding carboxylic acids is 1. The summed E-state index contributed by atoms with van der Waals surface area (Å²) in [4.78, 5) is 12.2. The number of halogens is 1. The van der Waals surface area contributed by atoms with Crippen molar-refractivity contribution in [1.29, 1.82) is 0 Å². The lowest BCUT2D eigenvalue weighted by Gasteiger charge is -2.20. The summed E-state index contributed by atoms with van der Waals surface area (Å²) in [5.74, 6) is 0.0386. The van der Waals surface area contributed by atoms with E-state index in [0.29, 0.717) is 10.7 Å². The van der Waals surface area contributed by atoms with Crippen LogP contribution in [0.1, 0.15) is 50.5 Å². The molecule has 1 amide bonds. The van der Waals surface area contributed by atoms with Gasteiger partial charge in [-0.3, -0.25) is 4.79 Å². The lowest BCUT2D eigenvalue weighted by Crippen LogP contribution is -2.36. The first-order valence-electron chi connectivity index (χ1n) is 7.35. The second-order valence-electron chi connectivity index (χ2n) is 5.09. The first-order chi connectivity index (χ1) is 9.53. The normalized spacial score (nSPS) is 12.7. The minimum absolute atomic E-state index is 0.185. The molecule has 0 fully saturated rings. The summed E-state index contributed by atoms with van der Waals surface area (Å²) in [6.07, 6.45) is 4.01. The number of carbonyl (C=O) groups is 1. The Morgan fingerprint density at radius 2 is 2.05 bits per heavy atom. The third kappa shape index (κ3) is 4.53. The van der Waals surface area contributed by atoms with E-state index in [-0.39, 0.29) is 18.4 Å². The third-order valence-corrected chi connectivity index (χ3v) is 3.83. The van der Waals surface area contributed by atoms with Crippen molar-refractivity contribution in [1.82, 2.24) is 9.88 Å². The Balaban J connectivity index is 2.63. The number of amides is 1. The predicted octanol–water partition coefficient (Wildman–Crippen LogP) is 3.08. The van der Waals surface area contributed by atoms with Crippen LogP contribution < -0.4 is 5.32 Å². The Bertz CT molecular complexity index is 428. The quantitative estimate of drug-likeness (QED) is 0.775. The molecule has 0 aliphatic carbocycles. The average molecular weight is 301 g/mol. The van der Waals surface area contributed by atoms with Crippen LogP contribution in [0.3, 0.4) is 0 Å². The van der Waals surface area contributed by atoms with Crippen molar-refractivity contribution in [3.8, 4) is 0 Å². The van der Waals surface area contributed by atoms with Crippen molar-refractivity contribution in [2.75, 3.05) is 6.54 Å². The van der Waals surface area contributed by atoms with Crippen molar-refractivity contribution in [2.24, 2.45) is 5.92 Å². The van der Waals surface area contributed by atoms with Gasteiger partial charge < -0.3 is 15.0 Å². The van der Waals surface area contributed by atoms with Crippen LogP contribution in [0, 0.1) is 5.92 Å². The fourth-order valence-electron chi connectivity index (χ4n) is 2.38. The van der Waals surface area contributed by atoms with Gasteiger partial charge in [-0.25, -0.2) is 0 Å². The van der Waals surface area contributed by atoms with Crippen LogP contribution in [-0.2, 0) is 6.54 Å². The Morgan fingerprint density at radius 1 is 1.40 bits per heavy atom. The van der Waals surface area contributed by atoms with E-state index in [9.17, 15) is 9.90 Å². The summed E-state index contributed by atoms with van der Waals surface area (Å²) in [6, 6.07) is 1.66. The van der Waals surface area contributed by atoms with Gasteiger partial charge >= 0.3 is 0 Å². The van der Waals surface area contributed by atoms with Crippen LogP contribution >= 0.6 is 11.6 Å². The minimum atomic E-state index is -0.501. The molecule has 1 atom stereocenters. The smallest absolute Gasteiger partial charge is 0.268 e.